The number of rotatable bonds is 2. The Hall–Kier alpha value is -1.82. The quantitative estimate of drug-likeness (QED) is 0.905. The molecule has 1 atom stereocenters. The minimum atomic E-state index is -0.868. The lowest BCUT2D eigenvalue weighted by atomic mass is 10.1. The van der Waals surface area contributed by atoms with Crippen molar-refractivity contribution in [3.63, 3.8) is 0 Å². The maximum absolute atomic E-state index is 13.6. The summed E-state index contributed by atoms with van der Waals surface area (Å²) in [5.74, 6) is -1.86. The van der Waals surface area contributed by atoms with E-state index in [0.29, 0.717) is 23.5 Å². The molecule has 2 aromatic rings. The second-order valence-electron chi connectivity index (χ2n) is 4.09. The van der Waals surface area contributed by atoms with Crippen molar-refractivity contribution in [1.29, 1.82) is 0 Å². The van der Waals surface area contributed by atoms with E-state index in [2.05, 4.69) is 9.97 Å². The van der Waals surface area contributed by atoms with Gasteiger partial charge in [0.05, 0.1) is 5.69 Å². The van der Waals surface area contributed by atoms with Crippen molar-refractivity contribution in [3.05, 3.63) is 34.7 Å². The molecular formula is C12H9FN2O2S. The highest BCUT2D eigenvalue weighted by Crippen LogP contribution is 2.39. The fourth-order valence-corrected chi connectivity index (χ4v) is 3.25. The van der Waals surface area contributed by atoms with Gasteiger partial charge in [0.15, 0.2) is 5.82 Å². The SMILES string of the molecule is O=C(O)C1CCc2sc(-c3ncccc3F)nc21. The molecule has 1 aliphatic carbocycles. The van der Waals surface area contributed by atoms with Crippen LogP contribution in [-0.2, 0) is 11.2 Å². The molecule has 2 aromatic heterocycles. The Kier molecular flexibility index (Phi) is 2.59. The van der Waals surface area contributed by atoms with Crippen molar-refractivity contribution in [1.82, 2.24) is 9.97 Å². The first-order valence-electron chi connectivity index (χ1n) is 5.50. The lowest BCUT2D eigenvalue weighted by molar-refractivity contribution is -0.138. The Bertz CT molecular complexity index is 626. The summed E-state index contributed by atoms with van der Waals surface area (Å²) in [6.45, 7) is 0. The summed E-state index contributed by atoms with van der Waals surface area (Å²) in [7, 11) is 0. The second kappa shape index (κ2) is 4.13. The highest BCUT2D eigenvalue weighted by atomic mass is 32.1. The fraction of sp³-hybridized carbons (Fsp3) is 0.250. The standard InChI is InChI=1S/C12H9FN2O2S/c13-7-2-1-5-14-10(7)11-15-9-6(12(16)17)3-4-8(9)18-11/h1-2,5-6H,3-4H2,(H,16,17). The third-order valence-electron chi connectivity index (χ3n) is 2.98. The molecule has 6 heteroatoms. The minimum absolute atomic E-state index is 0.195. The normalized spacial score (nSPS) is 17.7. The van der Waals surface area contributed by atoms with Crippen LogP contribution >= 0.6 is 11.3 Å². The first-order chi connectivity index (χ1) is 8.66. The average molecular weight is 264 g/mol. The van der Waals surface area contributed by atoms with Crippen LogP contribution < -0.4 is 0 Å². The molecule has 1 unspecified atom stereocenters. The van der Waals surface area contributed by atoms with Crippen molar-refractivity contribution < 1.29 is 14.3 Å². The van der Waals surface area contributed by atoms with Gasteiger partial charge >= 0.3 is 5.97 Å². The van der Waals surface area contributed by atoms with E-state index in [0.717, 1.165) is 4.88 Å². The molecule has 0 saturated heterocycles. The number of carboxylic acid groups (broad SMARTS) is 1. The molecule has 1 N–H and O–H groups in total. The van der Waals surface area contributed by atoms with E-state index in [-0.39, 0.29) is 5.69 Å². The van der Waals surface area contributed by atoms with Crippen LogP contribution in [0.4, 0.5) is 4.39 Å². The molecule has 0 saturated carbocycles. The molecule has 0 aromatic carbocycles. The maximum Gasteiger partial charge on any atom is 0.312 e. The van der Waals surface area contributed by atoms with Crippen molar-refractivity contribution in [2.24, 2.45) is 0 Å². The number of pyridine rings is 1. The first kappa shape index (κ1) is 11.3. The van der Waals surface area contributed by atoms with Crippen LogP contribution in [0, 0.1) is 5.82 Å². The topological polar surface area (TPSA) is 63.1 Å². The smallest absolute Gasteiger partial charge is 0.312 e. The number of nitrogens with zero attached hydrogens (tertiary/aromatic N) is 2. The zero-order chi connectivity index (χ0) is 12.7. The Morgan fingerprint density at radius 3 is 3.11 bits per heavy atom. The molecule has 0 amide bonds. The fourth-order valence-electron chi connectivity index (χ4n) is 2.11. The number of carboxylic acids is 1. The molecule has 2 heterocycles. The van der Waals surface area contributed by atoms with E-state index in [1.165, 1.54) is 29.7 Å². The summed E-state index contributed by atoms with van der Waals surface area (Å²) in [6.07, 6.45) is 2.77. The number of thiazole rings is 1. The first-order valence-corrected chi connectivity index (χ1v) is 6.31. The summed E-state index contributed by atoms with van der Waals surface area (Å²) in [5, 5.41) is 9.53. The van der Waals surface area contributed by atoms with E-state index in [1.54, 1.807) is 0 Å². The van der Waals surface area contributed by atoms with Gasteiger partial charge in [-0.1, -0.05) is 0 Å². The predicted molar refractivity (Wildman–Crippen MR) is 64.0 cm³/mol. The van der Waals surface area contributed by atoms with Crippen molar-refractivity contribution in [3.8, 4) is 10.7 Å². The molecule has 3 rings (SSSR count). The van der Waals surface area contributed by atoms with Gasteiger partial charge < -0.3 is 5.11 Å². The lowest BCUT2D eigenvalue weighted by Gasteiger charge is -2.01. The number of carbonyl (C=O) groups is 1. The Balaban J connectivity index is 2.05. The van der Waals surface area contributed by atoms with Crippen LogP contribution in [0.15, 0.2) is 18.3 Å². The molecule has 4 nitrogen and oxygen atoms in total. The summed E-state index contributed by atoms with van der Waals surface area (Å²) in [5.41, 5.74) is 0.772. The number of hydrogen-bond donors (Lipinski definition) is 1. The molecule has 1 aliphatic rings. The van der Waals surface area contributed by atoms with Gasteiger partial charge in [0.25, 0.3) is 0 Å². The summed E-state index contributed by atoms with van der Waals surface area (Å²) >= 11 is 1.33. The van der Waals surface area contributed by atoms with Gasteiger partial charge in [-0.2, -0.15) is 0 Å². The number of fused-ring (bicyclic) bond motifs is 1. The van der Waals surface area contributed by atoms with Gasteiger partial charge in [-0.25, -0.2) is 9.37 Å². The van der Waals surface area contributed by atoms with E-state index in [9.17, 15) is 9.18 Å². The Morgan fingerprint density at radius 2 is 2.39 bits per heavy atom. The molecular weight excluding hydrogens is 255 g/mol. The van der Waals surface area contributed by atoms with Crippen molar-refractivity contribution in [2.75, 3.05) is 0 Å². The monoisotopic (exact) mass is 264 g/mol. The van der Waals surface area contributed by atoms with E-state index >= 15 is 0 Å². The van der Waals surface area contributed by atoms with E-state index < -0.39 is 17.7 Å². The second-order valence-corrected chi connectivity index (χ2v) is 5.17. The molecule has 0 aliphatic heterocycles. The van der Waals surface area contributed by atoms with Gasteiger partial charge in [0.1, 0.15) is 16.6 Å². The Labute approximate surface area is 106 Å². The Morgan fingerprint density at radius 1 is 1.56 bits per heavy atom. The zero-order valence-electron chi connectivity index (χ0n) is 9.26. The number of hydrogen-bond acceptors (Lipinski definition) is 4. The number of aryl methyl sites for hydroxylation is 1. The predicted octanol–water partition coefficient (Wildman–Crippen LogP) is 2.46. The van der Waals surface area contributed by atoms with Crippen LogP contribution in [0.5, 0.6) is 0 Å². The van der Waals surface area contributed by atoms with Crippen LogP contribution in [0.3, 0.4) is 0 Å². The van der Waals surface area contributed by atoms with E-state index in [1.807, 2.05) is 0 Å². The van der Waals surface area contributed by atoms with Crippen molar-refractivity contribution >= 4 is 17.3 Å². The highest BCUT2D eigenvalue weighted by molar-refractivity contribution is 7.15. The van der Waals surface area contributed by atoms with Crippen LogP contribution in [0.1, 0.15) is 22.9 Å². The summed E-state index contributed by atoms with van der Waals surface area (Å²) in [4.78, 5) is 20.2. The largest absolute Gasteiger partial charge is 0.481 e. The number of halogens is 1. The third-order valence-corrected chi connectivity index (χ3v) is 4.11. The number of aromatic nitrogens is 2. The maximum atomic E-state index is 13.6. The third kappa shape index (κ3) is 1.69. The van der Waals surface area contributed by atoms with Gasteiger partial charge in [-0.05, 0) is 25.0 Å². The van der Waals surface area contributed by atoms with Gasteiger partial charge in [0.2, 0.25) is 0 Å². The van der Waals surface area contributed by atoms with Crippen LogP contribution in [0.2, 0.25) is 0 Å². The lowest BCUT2D eigenvalue weighted by Crippen LogP contribution is -2.08. The van der Waals surface area contributed by atoms with Crippen LogP contribution in [-0.4, -0.2) is 21.0 Å². The molecule has 92 valence electrons. The molecule has 0 spiro atoms. The van der Waals surface area contributed by atoms with Crippen LogP contribution in [0.25, 0.3) is 10.7 Å². The molecule has 0 fully saturated rings. The molecule has 0 radical (unpaired) electrons. The zero-order valence-corrected chi connectivity index (χ0v) is 10.1. The van der Waals surface area contributed by atoms with Gasteiger partial charge in [-0.15, -0.1) is 11.3 Å². The molecule has 0 bridgehead atoms. The summed E-state index contributed by atoms with van der Waals surface area (Å²) < 4.78 is 13.6. The van der Waals surface area contributed by atoms with Gasteiger partial charge in [0, 0.05) is 11.1 Å². The average Bonchev–Trinajstić information content (AvgIpc) is 2.88. The van der Waals surface area contributed by atoms with Gasteiger partial charge in [-0.3, -0.25) is 9.78 Å². The minimum Gasteiger partial charge on any atom is -0.481 e. The highest BCUT2D eigenvalue weighted by Gasteiger charge is 2.32. The summed E-state index contributed by atoms with van der Waals surface area (Å²) in [6, 6.07) is 2.84. The number of aliphatic carboxylic acids is 1. The van der Waals surface area contributed by atoms with Crippen molar-refractivity contribution in [2.45, 2.75) is 18.8 Å². The molecule has 18 heavy (non-hydrogen) atoms. The van der Waals surface area contributed by atoms with E-state index in [4.69, 9.17) is 5.11 Å².